The summed E-state index contributed by atoms with van der Waals surface area (Å²) in [5.41, 5.74) is -0.372. The smallest absolute Gasteiger partial charge is 0.146 e. The first-order valence-electron chi connectivity index (χ1n) is 7.74. The Labute approximate surface area is 148 Å². The fourth-order valence-corrected chi connectivity index (χ4v) is 3.90. The second-order valence-electron chi connectivity index (χ2n) is 5.75. The van der Waals surface area contributed by atoms with Gasteiger partial charge in [-0.25, -0.2) is 0 Å². The molecule has 5 atom stereocenters. The van der Waals surface area contributed by atoms with E-state index in [1.165, 1.54) is 0 Å². The van der Waals surface area contributed by atoms with Crippen LogP contribution in [0.1, 0.15) is 5.56 Å². The van der Waals surface area contributed by atoms with E-state index in [2.05, 4.69) is 5.16 Å². The molecule has 8 heteroatoms. The number of nitrogens with zero attached hydrogens (tertiary/aromatic N) is 1. The number of ether oxygens (including phenoxy) is 1. The Balaban J connectivity index is 1.89. The monoisotopic (exact) mass is 365 g/mol. The third-order valence-corrected chi connectivity index (χ3v) is 5.33. The number of aliphatic hydroxyl groups excluding tert-OH is 4. The number of rotatable bonds is 3. The molecular weight excluding hydrogens is 346 g/mol. The first-order chi connectivity index (χ1) is 12.1. The molecule has 0 aromatic heterocycles. The lowest BCUT2D eigenvalue weighted by Gasteiger charge is -2.39. The molecule has 1 aliphatic heterocycles. The van der Waals surface area contributed by atoms with E-state index >= 15 is 0 Å². The van der Waals surface area contributed by atoms with E-state index in [1.54, 1.807) is 6.07 Å². The molecule has 1 heterocycles. The molecule has 1 fully saturated rings. The van der Waals surface area contributed by atoms with Gasteiger partial charge in [0.05, 0.1) is 6.61 Å². The van der Waals surface area contributed by atoms with Crippen LogP contribution in [0.25, 0.3) is 10.8 Å². The largest absolute Gasteiger partial charge is 0.410 e. The Bertz CT molecular complexity index is 762. The first-order valence-corrected chi connectivity index (χ1v) is 8.62. The summed E-state index contributed by atoms with van der Waals surface area (Å²) in [4.78, 5) is 0. The Morgan fingerprint density at radius 2 is 1.72 bits per heavy atom. The quantitative estimate of drug-likeness (QED) is 0.232. The predicted octanol–water partition coefficient (Wildman–Crippen LogP) is 0.509. The molecule has 3 rings (SSSR count). The number of fused-ring (bicyclic) bond motifs is 1. The number of thioether (sulfide) groups is 1. The van der Waals surface area contributed by atoms with Gasteiger partial charge >= 0.3 is 0 Å². The minimum atomic E-state index is -1.48. The number of aliphatic hydroxyl groups is 4. The van der Waals surface area contributed by atoms with Gasteiger partial charge in [-0.2, -0.15) is 0 Å². The maximum Gasteiger partial charge on any atom is 0.146 e. The van der Waals surface area contributed by atoms with E-state index in [-0.39, 0.29) is 5.04 Å². The van der Waals surface area contributed by atoms with E-state index < -0.39 is 36.5 Å². The highest BCUT2D eigenvalue weighted by molar-refractivity contribution is 8.14. The SMILES string of the molecule is OC[C@H]1O[C@@H](S/C(=N/O)c2cccc3ccccc23)[C@H](O)[C@@H](O)[C@@H]1O. The molecular formula is C17H19NO6S. The number of hydrogen-bond acceptors (Lipinski definition) is 8. The lowest BCUT2D eigenvalue weighted by molar-refractivity contribution is -0.205. The van der Waals surface area contributed by atoms with Gasteiger partial charge in [0.25, 0.3) is 0 Å². The van der Waals surface area contributed by atoms with Crippen LogP contribution in [0.3, 0.4) is 0 Å². The van der Waals surface area contributed by atoms with Crippen molar-refractivity contribution in [2.24, 2.45) is 5.16 Å². The first kappa shape index (κ1) is 18.1. The fourth-order valence-electron chi connectivity index (χ4n) is 2.83. The van der Waals surface area contributed by atoms with Gasteiger partial charge in [-0.1, -0.05) is 59.4 Å². The molecule has 0 amide bonds. The minimum absolute atomic E-state index is 0.195. The Morgan fingerprint density at radius 1 is 1.00 bits per heavy atom. The molecule has 0 bridgehead atoms. The number of hydrogen-bond donors (Lipinski definition) is 5. The van der Waals surface area contributed by atoms with Crippen molar-refractivity contribution >= 4 is 27.6 Å². The topological polar surface area (TPSA) is 123 Å². The molecule has 134 valence electrons. The van der Waals surface area contributed by atoms with Gasteiger partial charge in [0, 0.05) is 5.56 Å². The third-order valence-electron chi connectivity index (χ3n) is 4.19. The van der Waals surface area contributed by atoms with Gasteiger partial charge < -0.3 is 30.4 Å². The van der Waals surface area contributed by atoms with Crippen LogP contribution in [0, 0.1) is 0 Å². The highest BCUT2D eigenvalue weighted by Crippen LogP contribution is 2.32. The van der Waals surface area contributed by atoms with Gasteiger partial charge in [-0.15, -0.1) is 0 Å². The normalized spacial score (nSPS) is 30.6. The molecule has 0 aliphatic carbocycles. The lowest BCUT2D eigenvalue weighted by atomic mass is 10.0. The second-order valence-corrected chi connectivity index (χ2v) is 6.83. The van der Waals surface area contributed by atoms with Crippen LogP contribution in [0.4, 0.5) is 0 Å². The highest BCUT2D eigenvalue weighted by Gasteiger charge is 2.44. The van der Waals surface area contributed by atoms with Crippen molar-refractivity contribution in [1.29, 1.82) is 0 Å². The van der Waals surface area contributed by atoms with Crippen LogP contribution in [-0.2, 0) is 4.74 Å². The molecule has 0 saturated carbocycles. The summed E-state index contributed by atoms with van der Waals surface area (Å²) in [5.74, 6) is 0. The van der Waals surface area contributed by atoms with E-state index in [4.69, 9.17) is 4.74 Å². The van der Waals surface area contributed by atoms with Crippen molar-refractivity contribution in [2.45, 2.75) is 29.9 Å². The van der Waals surface area contributed by atoms with Crippen molar-refractivity contribution in [1.82, 2.24) is 0 Å². The zero-order valence-corrected chi connectivity index (χ0v) is 14.0. The molecule has 1 saturated heterocycles. The molecule has 2 aromatic carbocycles. The van der Waals surface area contributed by atoms with E-state index in [1.807, 2.05) is 36.4 Å². The molecule has 0 radical (unpaired) electrons. The van der Waals surface area contributed by atoms with E-state index in [9.17, 15) is 25.6 Å². The standard InChI is InChI=1S/C17H19NO6S/c19-8-12-13(20)14(21)15(22)17(24-12)25-16(18-23)11-7-3-5-9-4-1-2-6-10(9)11/h1-7,12-15,17,19-23H,8H2/b18-16+/t12-,13-,14+,15-,17+/m1/s1. The van der Waals surface area contributed by atoms with Crippen molar-refractivity contribution < 1.29 is 30.4 Å². The second kappa shape index (κ2) is 7.69. The summed E-state index contributed by atoms with van der Waals surface area (Å²) < 4.78 is 5.46. The average Bonchev–Trinajstić information content (AvgIpc) is 2.65. The van der Waals surface area contributed by atoms with Crippen LogP contribution < -0.4 is 0 Å². The molecule has 7 nitrogen and oxygen atoms in total. The average molecular weight is 365 g/mol. The molecule has 5 N–H and O–H groups in total. The summed E-state index contributed by atoms with van der Waals surface area (Å²) >= 11 is 0.912. The van der Waals surface area contributed by atoms with Crippen LogP contribution in [0.15, 0.2) is 47.6 Å². The molecule has 1 aliphatic rings. The summed E-state index contributed by atoms with van der Waals surface area (Å²) in [7, 11) is 0. The van der Waals surface area contributed by atoms with Gasteiger partial charge in [0.15, 0.2) is 0 Å². The number of benzene rings is 2. The van der Waals surface area contributed by atoms with Gasteiger partial charge in [0.2, 0.25) is 0 Å². The maximum atomic E-state index is 10.2. The molecule has 0 unspecified atom stereocenters. The summed E-state index contributed by atoms with van der Waals surface area (Å²) in [6.07, 6.45) is -5.32. The molecule has 25 heavy (non-hydrogen) atoms. The van der Waals surface area contributed by atoms with Crippen molar-refractivity contribution in [3.8, 4) is 0 Å². The zero-order chi connectivity index (χ0) is 18.0. The third kappa shape index (κ3) is 3.50. The minimum Gasteiger partial charge on any atom is -0.410 e. The van der Waals surface area contributed by atoms with Gasteiger partial charge in [-0.3, -0.25) is 0 Å². The Hall–Kier alpha value is -1.68. The summed E-state index contributed by atoms with van der Waals surface area (Å²) in [6.45, 7) is -0.512. The van der Waals surface area contributed by atoms with Crippen LogP contribution in [0.5, 0.6) is 0 Å². The van der Waals surface area contributed by atoms with Crippen molar-refractivity contribution in [3.63, 3.8) is 0 Å². The van der Waals surface area contributed by atoms with Crippen LogP contribution >= 0.6 is 11.8 Å². The van der Waals surface area contributed by atoms with Gasteiger partial charge in [0.1, 0.15) is 34.9 Å². The van der Waals surface area contributed by atoms with Crippen molar-refractivity contribution in [2.75, 3.05) is 6.61 Å². The Kier molecular flexibility index (Phi) is 5.57. The van der Waals surface area contributed by atoms with Crippen LogP contribution in [0.2, 0.25) is 0 Å². The molecule has 0 spiro atoms. The van der Waals surface area contributed by atoms with E-state index in [0.717, 1.165) is 22.5 Å². The maximum absolute atomic E-state index is 10.2. The zero-order valence-electron chi connectivity index (χ0n) is 13.1. The highest BCUT2D eigenvalue weighted by atomic mass is 32.2. The molecule has 2 aromatic rings. The van der Waals surface area contributed by atoms with E-state index in [0.29, 0.717) is 5.56 Å². The van der Waals surface area contributed by atoms with Crippen molar-refractivity contribution in [3.05, 3.63) is 48.0 Å². The number of oxime groups is 1. The lowest BCUT2D eigenvalue weighted by Crippen LogP contribution is -2.57. The summed E-state index contributed by atoms with van der Waals surface area (Å²) in [5, 5.41) is 53.9. The van der Waals surface area contributed by atoms with Crippen LogP contribution in [-0.4, -0.2) is 67.1 Å². The summed E-state index contributed by atoms with van der Waals surface area (Å²) in [6, 6.07) is 13.1. The Morgan fingerprint density at radius 3 is 2.44 bits per heavy atom. The predicted molar refractivity (Wildman–Crippen MR) is 93.6 cm³/mol. The van der Waals surface area contributed by atoms with Gasteiger partial charge in [-0.05, 0) is 10.8 Å². The fraction of sp³-hybridized carbons (Fsp3) is 0.353.